The minimum absolute atomic E-state index is 0.00611. The van der Waals surface area contributed by atoms with Gasteiger partial charge in [0.2, 0.25) is 12.6 Å². The second-order valence-electron chi connectivity index (χ2n) is 8.50. The van der Waals surface area contributed by atoms with Crippen LogP contribution in [0.15, 0.2) is 68.3 Å². The minimum Gasteiger partial charge on any atom is -0.504 e. The summed E-state index contributed by atoms with van der Waals surface area (Å²) < 4.78 is 23.2. The van der Waals surface area contributed by atoms with Crippen LogP contribution in [0.4, 0.5) is 0 Å². The average Bonchev–Trinajstić information content (AvgIpc) is 3.44. The Morgan fingerprint density at radius 2 is 1.89 bits per heavy atom. The fraction of sp³-hybridized carbons (Fsp3) is 0.185. The lowest BCUT2D eigenvalue weighted by Crippen LogP contribution is -2.29. The number of ether oxygens (including phenoxy) is 3. The van der Waals surface area contributed by atoms with Crippen molar-refractivity contribution in [1.82, 2.24) is 4.90 Å². The van der Waals surface area contributed by atoms with Crippen molar-refractivity contribution < 1.29 is 28.5 Å². The van der Waals surface area contributed by atoms with E-state index in [1.54, 1.807) is 41.3 Å². The molecule has 6 rings (SSSR count). The van der Waals surface area contributed by atoms with E-state index in [-0.39, 0.29) is 41.6 Å². The number of fused-ring (bicyclic) bond motifs is 3. The highest BCUT2D eigenvalue weighted by Crippen LogP contribution is 2.42. The second-order valence-corrected chi connectivity index (χ2v) is 9.41. The van der Waals surface area contributed by atoms with Crippen LogP contribution in [0.1, 0.15) is 40.2 Å². The zero-order valence-corrected chi connectivity index (χ0v) is 20.7. The number of hydrogen-bond donors (Lipinski definition) is 1. The van der Waals surface area contributed by atoms with Crippen LogP contribution in [0.5, 0.6) is 23.0 Å². The molecule has 4 aromatic rings. The Bertz CT molecular complexity index is 1600. The number of halogens is 1. The fourth-order valence-electron chi connectivity index (χ4n) is 4.71. The normalized spacial score (nSPS) is 16.0. The molecule has 2 aliphatic heterocycles. The van der Waals surface area contributed by atoms with Gasteiger partial charge in [-0.3, -0.25) is 9.59 Å². The topological polar surface area (TPSA) is 98.4 Å². The molecule has 0 fully saturated rings. The maximum atomic E-state index is 13.8. The van der Waals surface area contributed by atoms with Crippen molar-refractivity contribution in [3.63, 3.8) is 0 Å². The van der Waals surface area contributed by atoms with Crippen LogP contribution in [-0.2, 0) is 6.54 Å². The number of phenols is 1. The number of benzene rings is 3. The molecule has 0 bridgehead atoms. The van der Waals surface area contributed by atoms with Gasteiger partial charge < -0.3 is 28.6 Å². The Morgan fingerprint density at radius 1 is 1.06 bits per heavy atom. The third-order valence-corrected chi connectivity index (χ3v) is 6.81. The van der Waals surface area contributed by atoms with Crippen molar-refractivity contribution in [2.75, 3.05) is 13.4 Å². The lowest BCUT2D eigenvalue weighted by Gasteiger charge is -2.26. The molecule has 0 unspecified atom stereocenters. The van der Waals surface area contributed by atoms with Crippen molar-refractivity contribution >= 4 is 32.8 Å². The molecule has 9 heteroatoms. The monoisotopic (exact) mass is 549 g/mol. The van der Waals surface area contributed by atoms with Gasteiger partial charge in [0.05, 0.1) is 23.6 Å². The van der Waals surface area contributed by atoms with Crippen LogP contribution in [0.2, 0.25) is 0 Å². The van der Waals surface area contributed by atoms with Crippen molar-refractivity contribution in [2.24, 2.45) is 0 Å². The van der Waals surface area contributed by atoms with Crippen molar-refractivity contribution in [2.45, 2.75) is 19.5 Å². The molecule has 8 nitrogen and oxygen atoms in total. The average molecular weight is 550 g/mol. The number of carbonyl (C=O) groups excluding carboxylic acids is 1. The van der Waals surface area contributed by atoms with Gasteiger partial charge in [-0.15, -0.1) is 0 Å². The molecule has 0 radical (unpaired) electrons. The molecule has 3 aromatic carbocycles. The van der Waals surface area contributed by atoms with E-state index in [0.717, 1.165) is 10.0 Å². The highest BCUT2D eigenvalue weighted by Gasteiger charge is 2.43. The molecule has 0 spiro atoms. The second kappa shape index (κ2) is 8.60. The summed E-state index contributed by atoms with van der Waals surface area (Å²) in [5.41, 5.74) is 1.71. The third kappa shape index (κ3) is 3.58. The summed E-state index contributed by atoms with van der Waals surface area (Å²) in [5.74, 6) is 1.09. The highest BCUT2D eigenvalue weighted by molar-refractivity contribution is 9.10. The first-order valence-electron chi connectivity index (χ1n) is 11.4. The molecule has 1 atom stereocenters. The van der Waals surface area contributed by atoms with Gasteiger partial charge in [0.25, 0.3) is 5.91 Å². The predicted octanol–water partition coefficient (Wildman–Crippen LogP) is 5.13. The summed E-state index contributed by atoms with van der Waals surface area (Å²) >= 11 is 3.41. The Labute approximate surface area is 213 Å². The molecule has 0 aliphatic carbocycles. The first kappa shape index (κ1) is 22.5. The number of hydrogen-bond acceptors (Lipinski definition) is 7. The summed E-state index contributed by atoms with van der Waals surface area (Å²) in [6.45, 7) is 2.49. The van der Waals surface area contributed by atoms with E-state index in [1.807, 2.05) is 19.1 Å². The molecule has 0 saturated carbocycles. The predicted molar refractivity (Wildman–Crippen MR) is 134 cm³/mol. The summed E-state index contributed by atoms with van der Waals surface area (Å²) in [6, 6.07) is 14.7. The SMILES string of the molecule is CCOc1cc([C@H]2c3c(oc4ccc(Br)cc4c3=O)C(=O)N2Cc2ccc3c(c2)OCO3)ccc1O. The summed E-state index contributed by atoms with van der Waals surface area (Å²) in [7, 11) is 0. The Morgan fingerprint density at radius 3 is 2.72 bits per heavy atom. The molecule has 1 N–H and O–H groups in total. The van der Waals surface area contributed by atoms with Gasteiger partial charge >= 0.3 is 0 Å². The van der Waals surface area contributed by atoms with E-state index in [0.29, 0.717) is 34.6 Å². The molecule has 3 heterocycles. The lowest BCUT2D eigenvalue weighted by molar-refractivity contribution is 0.0714. The van der Waals surface area contributed by atoms with Gasteiger partial charge in [0.15, 0.2) is 28.4 Å². The zero-order chi connectivity index (χ0) is 25.0. The molecule has 2 aliphatic rings. The van der Waals surface area contributed by atoms with E-state index in [9.17, 15) is 14.7 Å². The Kier molecular flexibility index (Phi) is 5.37. The maximum Gasteiger partial charge on any atom is 0.291 e. The molecule has 0 saturated heterocycles. The quantitative estimate of drug-likeness (QED) is 0.368. The van der Waals surface area contributed by atoms with E-state index in [1.165, 1.54) is 6.07 Å². The smallest absolute Gasteiger partial charge is 0.291 e. The van der Waals surface area contributed by atoms with Crippen LogP contribution in [-0.4, -0.2) is 29.3 Å². The summed E-state index contributed by atoms with van der Waals surface area (Å²) in [6.07, 6.45) is 0. The molecule has 182 valence electrons. The lowest BCUT2D eigenvalue weighted by atomic mass is 9.97. The van der Waals surface area contributed by atoms with E-state index in [2.05, 4.69) is 15.9 Å². The standard InChI is InChI=1S/C27H20BrNO7/c1-2-33-21-10-15(4-6-18(21)30)24-23-25(31)17-11-16(28)5-8-19(17)36-26(23)27(32)29(24)12-14-3-7-20-22(9-14)35-13-34-20/h3-11,24,30H,2,12-13H2,1H3/t24-/m0/s1. The Hall–Kier alpha value is -3.98. The van der Waals surface area contributed by atoms with Gasteiger partial charge in [-0.25, -0.2) is 0 Å². The van der Waals surface area contributed by atoms with E-state index in [4.69, 9.17) is 18.6 Å². The first-order valence-corrected chi connectivity index (χ1v) is 12.2. The first-order chi connectivity index (χ1) is 17.4. The third-order valence-electron chi connectivity index (χ3n) is 6.32. The van der Waals surface area contributed by atoms with Crippen LogP contribution in [0.3, 0.4) is 0 Å². The summed E-state index contributed by atoms with van der Waals surface area (Å²) in [4.78, 5) is 29.0. The van der Waals surface area contributed by atoms with Gasteiger partial charge in [0.1, 0.15) is 5.58 Å². The minimum atomic E-state index is -0.752. The van der Waals surface area contributed by atoms with Gasteiger partial charge in [-0.1, -0.05) is 28.1 Å². The van der Waals surface area contributed by atoms with Gasteiger partial charge in [-0.05, 0) is 60.5 Å². The number of rotatable bonds is 5. The highest BCUT2D eigenvalue weighted by atomic mass is 79.9. The fourth-order valence-corrected chi connectivity index (χ4v) is 5.07. The number of carbonyl (C=O) groups is 1. The van der Waals surface area contributed by atoms with E-state index < -0.39 is 11.9 Å². The number of nitrogens with zero attached hydrogens (tertiary/aromatic N) is 1. The number of aromatic hydroxyl groups is 1. The van der Waals surface area contributed by atoms with Crippen molar-refractivity contribution in [3.05, 3.63) is 91.7 Å². The van der Waals surface area contributed by atoms with Crippen LogP contribution in [0, 0.1) is 0 Å². The summed E-state index contributed by atoms with van der Waals surface area (Å²) in [5, 5.41) is 10.6. The van der Waals surface area contributed by atoms with Crippen molar-refractivity contribution in [1.29, 1.82) is 0 Å². The van der Waals surface area contributed by atoms with Crippen LogP contribution in [0.25, 0.3) is 11.0 Å². The molecule has 1 amide bonds. The molecular formula is C27H20BrNO7. The van der Waals surface area contributed by atoms with Crippen LogP contribution >= 0.6 is 15.9 Å². The van der Waals surface area contributed by atoms with E-state index >= 15 is 0 Å². The maximum absolute atomic E-state index is 13.8. The zero-order valence-electron chi connectivity index (χ0n) is 19.1. The molecular weight excluding hydrogens is 530 g/mol. The largest absolute Gasteiger partial charge is 0.504 e. The Balaban J connectivity index is 1.53. The van der Waals surface area contributed by atoms with Crippen LogP contribution < -0.4 is 19.6 Å². The van der Waals surface area contributed by atoms with Gasteiger partial charge in [0, 0.05) is 11.0 Å². The van der Waals surface area contributed by atoms with Crippen molar-refractivity contribution in [3.8, 4) is 23.0 Å². The number of phenolic OH excluding ortho intramolecular Hbond substituents is 1. The van der Waals surface area contributed by atoms with Gasteiger partial charge in [-0.2, -0.15) is 0 Å². The number of amides is 1. The molecule has 1 aromatic heterocycles. The molecule has 36 heavy (non-hydrogen) atoms.